The first kappa shape index (κ1) is 20.6. The minimum absolute atomic E-state index is 0.0384. The number of carbonyl (C=O) groups is 2. The Labute approximate surface area is 163 Å². The van der Waals surface area contributed by atoms with Gasteiger partial charge in [-0.3, -0.25) is 9.59 Å². The Bertz CT molecular complexity index is 776. The minimum Gasteiger partial charge on any atom is -0.494 e. The zero-order valence-corrected chi connectivity index (χ0v) is 16.0. The third-order valence-electron chi connectivity index (χ3n) is 3.55. The fourth-order valence-electron chi connectivity index (χ4n) is 2.18. The summed E-state index contributed by atoms with van der Waals surface area (Å²) in [6, 6.07) is 12.3. The Kier molecular flexibility index (Phi) is 7.95. The lowest BCUT2D eigenvalue weighted by Gasteiger charge is -2.10. The predicted molar refractivity (Wildman–Crippen MR) is 104 cm³/mol. The number of nitrogens with one attached hydrogen (secondary N) is 1. The molecular weight excluding hydrogens is 370 g/mol. The van der Waals surface area contributed by atoms with E-state index in [1.165, 1.54) is 0 Å². The highest BCUT2D eigenvalue weighted by Gasteiger charge is 2.10. The average Bonchev–Trinajstić information content (AvgIpc) is 2.65. The lowest BCUT2D eigenvalue weighted by molar-refractivity contribution is -0.147. The number of halogens is 1. The van der Waals surface area contributed by atoms with E-state index in [1.807, 2.05) is 13.8 Å². The van der Waals surface area contributed by atoms with Crippen molar-refractivity contribution in [1.29, 1.82) is 0 Å². The van der Waals surface area contributed by atoms with Crippen LogP contribution in [0.1, 0.15) is 18.9 Å². The van der Waals surface area contributed by atoms with E-state index in [9.17, 15) is 9.59 Å². The summed E-state index contributed by atoms with van der Waals surface area (Å²) >= 11 is 5.90. The number of hydrogen-bond donors (Lipinski definition) is 1. The SMILES string of the molecule is CCOc1ccc(OCCC(=O)OCC(=O)Nc2cc(Cl)ccc2C)cc1. The molecule has 7 heteroatoms. The van der Waals surface area contributed by atoms with Gasteiger partial charge in [0, 0.05) is 10.7 Å². The molecule has 6 nitrogen and oxygen atoms in total. The number of esters is 1. The molecule has 0 fully saturated rings. The second-order valence-electron chi connectivity index (χ2n) is 5.67. The van der Waals surface area contributed by atoms with Gasteiger partial charge >= 0.3 is 5.97 Å². The molecular formula is C20H22ClNO5. The Morgan fingerprint density at radius 1 is 1.04 bits per heavy atom. The largest absolute Gasteiger partial charge is 0.494 e. The van der Waals surface area contributed by atoms with Gasteiger partial charge in [0.15, 0.2) is 6.61 Å². The number of benzene rings is 2. The molecule has 0 spiro atoms. The zero-order chi connectivity index (χ0) is 19.6. The van der Waals surface area contributed by atoms with Crippen molar-refractivity contribution in [3.8, 4) is 11.5 Å². The van der Waals surface area contributed by atoms with Crippen molar-refractivity contribution in [2.24, 2.45) is 0 Å². The number of rotatable bonds is 9. The van der Waals surface area contributed by atoms with Crippen LogP contribution in [0, 0.1) is 6.92 Å². The second-order valence-corrected chi connectivity index (χ2v) is 6.11. The third-order valence-corrected chi connectivity index (χ3v) is 3.78. The van der Waals surface area contributed by atoms with E-state index in [2.05, 4.69) is 5.32 Å². The first-order valence-electron chi connectivity index (χ1n) is 8.55. The Balaban J connectivity index is 1.68. The Morgan fingerprint density at radius 2 is 1.70 bits per heavy atom. The van der Waals surface area contributed by atoms with Gasteiger partial charge in [-0.2, -0.15) is 0 Å². The van der Waals surface area contributed by atoms with Crippen LogP contribution in [0.25, 0.3) is 0 Å². The Hall–Kier alpha value is -2.73. The predicted octanol–water partition coefficient (Wildman–Crippen LogP) is 4.00. The van der Waals surface area contributed by atoms with E-state index < -0.39 is 11.9 Å². The summed E-state index contributed by atoms with van der Waals surface area (Å²) in [6.45, 7) is 4.13. The van der Waals surface area contributed by atoms with E-state index in [-0.39, 0.29) is 19.6 Å². The topological polar surface area (TPSA) is 73.9 Å². The first-order valence-corrected chi connectivity index (χ1v) is 8.93. The molecule has 0 aromatic heterocycles. The molecule has 144 valence electrons. The summed E-state index contributed by atoms with van der Waals surface area (Å²) in [5.74, 6) is 0.436. The van der Waals surface area contributed by atoms with Gasteiger partial charge in [-0.05, 0) is 55.8 Å². The molecule has 2 aromatic carbocycles. The molecule has 1 amide bonds. The first-order chi connectivity index (χ1) is 13.0. The number of carbonyl (C=O) groups excluding carboxylic acids is 2. The number of ether oxygens (including phenoxy) is 3. The maximum Gasteiger partial charge on any atom is 0.309 e. The highest BCUT2D eigenvalue weighted by molar-refractivity contribution is 6.31. The monoisotopic (exact) mass is 391 g/mol. The second kappa shape index (κ2) is 10.4. The fourth-order valence-corrected chi connectivity index (χ4v) is 2.36. The summed E-state index contributed by atoms with van der Waals surface area (Å²) < 4.78 is 15.8. The van der Waals surface area contributed by atoms with Crippen LogP contribution in [0.3, 0.4) is 0 Å². The van der Waals surface area contributed by atoms with Crippen molar-refractivity contribution < 1.29 is 23.8 Å². The zero-order valence-electron chi connectivity index (χ0n) is 15.3. The molecule has 0 bridgehead atoms. The van der Waals surface area contributed by atoms with Crippen molar-refractivity contribution in [3.63, 3.8) is 0 Å². The minimum atomic E-state index is -0.515. The maximum atomic E-state index is 11.9. The van der Waals surface area contributed by atoms with Gasteiger partial charge in [-0.1, -0.05) is 17.7 Å². The van der Waals surface area contributed by atoms with Crippen LogP contribution in [-0.4, -0.2) is 31.7 Å². The van der Waals surface area contributed by atoms with Crippen LogP contribution in [0.15, 0.2) is 42.5 Å². The molecule has 27 heavy (non-hydrogen) atoms. The van der Waals surface area contributed by atoms with Crippen LogP contribution in [0.5, 0.6) is 11.5 Å². The fraction of sp³-hybridized carbons (Fsp3) is 0.300. The number of anilines is 1. The summed E-state index contributed by atoms with van der Waals surface area (Å²) in [7, 11) is 0. The summed E-state index contributed by atoms with van der Waals surface area (Å²) in [5.41, 5.74) is 1.45. The van der Waals surface area contributed by atoms with E-state index in [1.54, 1.807) is 42.5 Å². The molecule has 0 unspecified atom stereocenters. The van der Waals surface area contributed by atoms with Crippen LogP contribution >= 0.6 is 11.6 Å². The molecule has 0 aliphatic heterocycles. The van der Waals surface area contributed by atoms with Gasteiger partial charge in [0.05, 0.1) is 19.6 Å². The third kappa shape index (κ3) is 7.19. The van der Waals surface area contributed by atoms with Gasteiger partial charge < -0.3 is 19.5 Å². The van der Waals surface area contributed by atoms with Gasteiger partial charge in [0.1, 0.15) is 11.5 Å². The van der Waals surface area contributed by atoms with E-state index in [0.29, 0.717) is 23.1 Å². The number of hydrogen-bond acceptors (Lipinski definition) is 5. The summed E-state index contributed by atoms with van der Waals surface area (Å²) in [6.07, 6.45) is 0.0384. The van der Waals surface area contributed by atoms with Crippen molar-refractivity contribution in [1.82, 2.24) is 0 Å². The van der Waals surface area contributed by atoms with Gasteiger partial charge in [-0.15, -0.1) is 0 Å². The molecule has 0 saturated carbocycles. The van der Waals surface area contributed by atoms with Crippen LogP contribution in [-0.2, 0) is 14.3 Å². The van der Waals surface area contributed by atoms with Crippen LogP contribution in [0.4, 0.5) is 5.69 Å². The Morgan fingerprint density at radius 3 is 2.37 bits per heavy atom. The standard InChI is InChI=1S/C20H22ClNO5/c1-3-25-16-6-8-17(9-7-16)26-11-10-20(24)27-13-19(23)22-18-12-15(21)5-4-14(18)2/h4-9,12H,3,10-11,13H2,1-2H3,(H,22,23). The number of aryl methyl sites for hydroxylation is 1. The average molecular weight is 392 g/mol. The summed E-state index contributed by atoms with van der Waals surface area (Å²) in [4.78, 5) is 23.6. The molecule has 2 aromatic rings. The van der Waals surface area contributed by atoms with E-state index in [0.717, 1.165) is 11.3 Å². The van der Waals surface area contributed by atoms with E-state index >= 15 is 0 Å². The highest BCUT2D eigenvalue weighted by Crippen LogP contribution is 2.20. The van der Waals surface area contributed by atoms with E-state index in [4.69, 9.17) is 25.8 Å². The molecule has 0 aliphatic rings. The van der Waals surface area contributed by atoms with Crippen LogP contribution < -0.4 is 14.8 Å². The van der Waals surface area contributed by atoms with Crippen molar-refractivity contribution in [2.45, 2.75) is 20.3 Å². The molecule has 0 radical (unpaired) electrons. The van der Waals surface area contributed by atoms with Gasteiger partial charge in [-0.25, -0.2) is 0 Å². The quantitative estimate of drug-likeness (QED) is 0.654. The molecule has 2 rings (SSSR count). The molecule has 0 aliphatic carbocycles. The molecule has 0 atom stereocenters. The maximum absolute atomic E-state index is 11.9. The van der Waals surface area contributed by atoms with Crippen LogP contribution in [0.2, 0.25) is 5.02 Å². The van der Waals surface area contributed by atoms with Gasteiger partial charge in [0.2, 0.25) is 0 Å². The van der Waals surface area contributed by atoms with Crippen molar-refractivity contribution in [3.05, 3.63) is 53.1 Å². The normalized spacial score (nSPS) is 10.2. The smallest absolute Gasteiger partial charge is 0.309 e. The lowest BCUT2D eigenvalue weighted by Crippen LogP contribution is -2.22. The summed E-state index contributed by atoms with van der Waals surface area (Å²) in [5, 5.41) is 3.17. The molecule has 0 saturated heterocycles. The van der Waals surface area contributed by atoms with Crippen molar-refractivity contribution >= 4 is 29.2 Å². The van der Waals surface area contributed by atoms with Gasteiger partial charge in [0.25, 0.3) is 5.91 Å². The highest BCUT2D eigenvalue weighted by atomic mass is 35.5. The lowest BCUT2D eigenvalue weighted by atomic mass is 10.2. The van der Waals surface area contributed by atoms with Crippen molar-refractivity contribution in [2.75, 3.05) is 25.1 Å². The molecule has 0 heterocycles. The molecule has 1 N–H and O–H groups in total. The number of amides is 1.